The second kappa shape index (κ2) is 7.08. The lowest BCUT2D eigenvalue weighted by atomic mass is 10.1. The molecule has 0 spiro atoms. The van der Waals surface area contributed by atoms with Crippen LogP contribution >= 0.6 is 11.8 Å². The minimum absolute atomic E-state index is 0.00933. The molecule has 22 heavy (non-hydrogen) atoms. The van der Waals surface area contributed by atoms with Crippen LogP contribution in [0.1, 0.15) is 24.2 Å². The van der Waals surface area contributed by atoms with Crippen molar-refractivity contribution in [2.75, 3.05) is 16.8 Å². The summed E-state index contributed by atoms with van der Waals surface area (Å²) in [5.74, 6) is 0.368. The third kappa shape index (κ3) is 3.85. The maximum Gasteiger partial charge on any atom is 0.234 e. The number of hydrogen-bond acceptors (Lipinski definition) is 6. The fraction of sp³-hybridized carbons (Fsp3) is 0.286. The maximum atomic E-state index is 11.9. The van der Waals surface area contributed by atoms with Gasteiger partial charge in [0.2, 0.25) is 11.9 Å². The molecular weight excluding hydrogens is 302 g/mol. The molecule has 3 N–H and O–H groups in total. The van der Waals surface area contributed by atoms with E-state index in [0.29, 0.717) is 28.9 Å². The second-order valence-electron chi connectivity index (χ2n) is 4.56. The molecule has 0 saturated carbocycles. The smallest absolute Gasteiger partial charge is 0.234 e. The molecule has 0 aliphatic heterocycles. The summed E-state index contributed by atoms with van der Waals surface area (Å²) >= 11 is 1.27. The molecule has 116 valence electrons. The van der Waals surface area contributed by atoms with Crippen molar-refractivity contribution in [1.82, 2.24) is 14.8 Å². The highest BCUT2D eigenvalue weighted by molar-refractivity contribution is 7.99. The van der Waals surface area contributed by atoms with E-state index in [1.165, 1.54) is 18.7 Å². The quantitative estimate of drug-likeness (QED) is 0.622. The Kier molecular flexibility index (Phi) is 5.16. The Balaban J connectivity index is 1.91. The average Bonchev–Trinajstić information content (AvgIpc) is 2.85. The zero-order valence-corrected chi connectivity index (χ0v) is 13.2. The number of anilines is 2. The van der Waals surface area contributed by atoms with E-state index in [4.69, 9.17) is 5.73 Å². The van der Waals surface area contributed by atoms with Crippen LogP contribution in [0.25, 0.3) is 0 Å². The maximum absolute atomic E-state index is 11.9. The van der Waals surface area contributed by atoms with Gasteiger partial charge in [-0.05, 0) is 38.1 Å². The summed E-state index contributed by atoms with van der Waals surface area (Å²) in [4.78, 5) is 23.1. The van der Waals surface area contributed by atoms with Crippen LogP contribution in [0.2, 0.25) is 0 Å². The third-order valence-electron chi connectivity index (χ3n) is 2.97. The molecule has 0 fully saturated rings. The number of carbonyl (C=O) groups is 2. The van der Waals surface area contributed by atoms with Crippen molar-refractivity contribution in [2.45, 2.75) is 25.5 Å². The van der Waals surface area contributed by atoms with E-state index in [1.807, 2.05) is 6.92 Å². The highest BCUT2D eigenvalue weighted by atomic mass is 32.2. The van der Waals surface area contributed by atoms with Crippen molar-refractivity contribution in [2.24, 2.45) is 0 Å². The fourth-order valence-electron chi connectivity index (χ4n) is 1.82. The standard InChI is InChI=1S/C14H17N5O2S/c1-3-19-13(15)17-18-14(19)22-8-12(21)16-11-6-4-10(5-7-11)9(2)20/h4-7H,3,8H2,1-2H3,(H2,15,17)(H,16,21). The van der Waals surface area contributed by atoms with Gasteiger partial charge >= 0.3 is 0 Å². The van der Waals surface area contributed by atoms with Gasteiger partial charge in [-0.1, -0.05) is 11.8 Å². The molecule has 1 aromatic heterocycles. The van der Waals surface area contributed by atoms with Crippen molar-refractivity contribution in [3.8, 4) is 0 Å². The van der Waals surface area contributed by atoms with Gasteiger partial charge in [-0.15, -0.1) is 10.2 Å². The summed E-state index contributed by atoms with van der Waals surface area (Å²) in [6, 6.07) is 6.76. The monoisotopic (exact) mass is 319 g/mol. The zero-order chi connectivity index (χ0) is 16.1. The molecule has 0 aliphatic rings. The van der Waals surface area contributed by atoms with Crippen molar-refractivity contribution >= 4 is 35.1 Å². The van der Waals surface area contributed by atoms with E-state index in [-0.39, 0.29) is 17.4 Å². The molecule has 0 bridgehead atoms. The van der Waals surface area contributed by atoms with Gasteiger partial charge in [-0.3, -0.25) is 14.2 Å². The normalized spacial score (nSPS) is 10.5. The molecule has 0 radical (unpaired) electrons. The number of amides is 1. The predicted molar refractivity (Wildman–Crippen MR) is 85.9 cm³/mol. The lowest BCUT2D eigenvalue weighted by molar-refractivity contribution is -0.113. The number of ketones is 1. The Morgan fingerprint density at radius 1 is 1.27 bits per heavy atom. The molecule has 0 atom stereocenters. The first-order valence-corrected chi connectivity index (χ1v) is 7.72. The van der Waals surface area contributed by atoms with Crippen LogP contribution < -0.4 is 11.1 Å². The summed E-state index contributed by atoms with van der Waals surface area (Å²) in [6.07, 6.45) is 0. The van der Waals surface area contributed by atoms with E-state index >= 15 is 0 Å². The Hall–Kier alpha value is -2.35. The van der Waals surface area contributed by atoms with Gasteiger partial charge in [-0.2, -0.15) is 0 Å². The van der Waals surface area contributed by atoms with E-state index in [9.17, 15) is 9.59 Å². The van der Waals surface area contributed by atoms with Crippen LogP contribution in [0.15, 0.2) is 29.4 Å². The molecule has 8 heteroatoms. The van der Waals surface area contributed by atoms with Crippen molar-refractivity contribution in [1.29, 1.82) is 0 Å². The molecule has 0 aliphatic carbocycles. The number of nitrogen functional groups attached to an aromatic ring is 1. The summed E-state index contributed by atoms with van der Waals surface area (Å²) in [5, 5.41) is 11.1. The van der Waals surface area contributed by atoms with Crippen LogP contribution in [0, 0.1) is 0 Å². The topological polar surface area (TPSA) is 103 Å². The van der Waals surface area contributed by atoms with Crippen LogP contribution in [0.5, 0.6) is 0 Å². The van der Waals surface area contributed by atoms with Crippen LogP contribution in [0.4, 0.5) is 11.6 Å². The average molecular weight is 319 g/mol. The first kappa shape index (κ1) is 16.0. The van der Waals surface area contributed by atoms with Crippen molar-refractivity contribution < 1.29 is 9.59 Å². The number of nitrogens with two attached hydrogens (primary N) is 1. The van der Waals surface area contributed by atoms with Gasteiger partial charge in [0.05, 0.1) is 5.75 Å². The van der Waals surface area contributed by atoms with E-state index in [2.05, 4.69) is 15.5 Å². The number of Topliss-reactive ketones (excluding diaryl/α,β-unsaturated/α-hetero) is 1. The lowest BCUT2D eigenvalue weighted by Crippen LogP contribution is -2.14. The number of hydrogen-bond donors (Lipinski definition) is 2. The van der Waals surface area contributed by atoms with Gasteiger partial charge in [0.1, 0.15) is 0 Å². The van der Waals surface area contributed by atoms with Gasteiger partial charge in [-0.25, -0.2) is 0 Å². The third-order valence-corrected chi connectivity index (χ3v) is 3.94. The number of benzene rings is 1. The Labute approximate surface area is 132 Å². The predicted octanol–water partition coefficient (Wildman–Crippen LogP) is 1.81. The highest BCUT2D eigenvalue weighted by Crippen LogP contribution is 2.18. The molecule has 1 amide bonds. The molecule has 0 unspecified atom stereocenters. The summed E-state index contributed by atoms with van der Waals surface area (Å²) in [6.45, 7) is 4.08. The van der Waals surface area contributed by atoms with E-state index in [0.717, 1.165) is 0 Å². The van der Waals surface area contributed by atoms with E-state index in [1.54, 1.807) is 28.8 Å². The van der Waals surface area contributed by atoms with Gasteiger partial charge < -0.3 is 11.1 Å². The van der Waals surface area contributed by atoms with Crippen LogP contribution in [0.3, 0.4) is 0 Å². The number of rotatable bonds is 6. The first-order chi connectivity index (χ1) is 10.5. The molecule has 2 aromatic rings. The van der Waals surface area contributed by atoms with Crippen molar-refractivity contribution in [3.05, 3.63) is 29.8 Å². The Morgan fingerprint density at radius 2 is 1.95 bits per heavy atom. The van der Waals surface area contributed by atoms with Gasteiger partial charge in [0, 0.05) is 17.8 Å². The number of carbonyl (C=O) groups excluding carboxylic acids is 2. The minimum Gasteiger partial charge on any atom is -0.368 e. The van der Waals surface area contributed by atoms with E-state index < -0.39 is 0 Å². The molecule has 2 rings (SSSR count). The Bertz CT molecular complexity index is 681. The fourth-order valence-corrected chi connectivity index (χ4v) is 2.63. The lowest BCUT2D eigenvalue weighted by Gasteiger charge is -2.06. The van der Waals surface area contributed by atoms with Gasteiger partial charge in [0.25, 0.3) is 0 Å². The minimum atomic E-state index is -0.162. The van der Waals surface area contributed by atoms with Crippen molar-refractivity contribution in [3.63, 3.8) is 0 Å². The van der Waals surface area contributed by atoms with Crippen LogP contribution in [-0.2, 0) is 11.3 Å². The van der Waals surface area contributed by atoms with Crippen LogP contribution in [-0.4, -0.2) is 32.2 Å². The summed E-state index contributed by atoms with van der Waals surface area (Å²) < 4.78 is 1.74. The second-order valence-corrected chi connectivity index (χ2v) is 5.50. The summed E-state index contributed by atoms with van der Waals surface area (Å²) in [5.41, 5.74) is 6.92. The highest BCUT2D eigenvalue weighted by Gasteiger charge is 2.11. The number of thioether (sulfide) groups is 1. The number of aromatic nitrogens is 3. The Morgan fingerprint density at radius 3 is 2.55 bits per heavy atom. The first-order valence-electron chi connectivity index (χ1n) is 6.73. The zero-order valence-electron chi connectivity index (χ0n) is 12.4. The molecule has 7 nitrogen and oxygen atoms in total. The SMILES string of the molecule is CCn1c(N)nnc1SCC(=O)Nc1ccc(C(C)=O)cc1. The molecular formula is C14H17N5O2S. The number of nitrogens with one attached hydrogen (secondary N) is 1. The molecule has 1 heterocycles. The molecule has 1 aromatic carbocycles. The largest absolute Gasteiger partial charge is 0.368 e. The molecule has 0 saturated heterocycles. The summed E-state index contributed by atoms with van der Waals surface area (Å²) in [7, 11) is 0. The van der Waals surface area contributed by atoms with Gasteiger partial charge in [0.15, 0.2) is 10.9 Å². The number of nitrogens with zero attached hydrogens (tertiary/aromatic N) is 3.